The van der Waals surface area contributed by atoms with Crippen molar-refractivity contribution in [2.75, 3.05) is 31.1 Å². The largest absolute Gasteiger partial charge is 0.417 e. The molecular formula is C16H17F2N3O. The van der Waals surface area contributed by atoms with Gasteiger partial charge in [-0.05, 0) is 23.8 Å². The predicted octanol–water partition coefficient (Wildman–Crippen LogP) is 2.76. The summed E-state index contributed by atoms with van der Waals surface area (Å²) in [5, 5.41) is 3.33. The molecule has 1 N–H and O–H groups in total. The van der Waals surface area contributed by atoms with E-state index in [9.17, 15) is 8.78 Å². The molecule has 1 aliphatic heterocycles. The highest BCUT2D eigenvalue weighted by atomic mass is 19.3. The van der Waals surface area contributed by atoms with Crippen molar-refractivity contribution in [3.8, 4) is 17.0 Å². The van der Waals surface area contributed by atoms with Crippen LogP contribution >= 0.6 is 0 Å². The van der Waals surface area contributed by atoms with Gasteiger partial charge in [-0.15, -0.1) is 0 Å². The zero-order valence-electron chi connectivity index (χ0n) is 12.0. The molecular weight excluding hydrogens is 288 g/mol. The minimum Gasteiger partial charge on any atom is -0.417 e. The standard InChI is InChI=1S/C16H17F2N3O/c17-16(18)22-15-6-3-13(11-20-15)12-1-4-14(5-2-12)21-9-7-19-8-10-21/h1-6,11,16,19H,7-10H2. The molecule has 0 radical (unpaired) electrons. The van der Waals surface area contributed by atoms with Crippen LogP contribution in [0.4, 0.5) is 14.5 Å². The molecule has 3 rings (SSSR count). The molecule has 22 heavy (non-hydrogen) atoms. The second-order valence-corrected chi connectivity index (χ2v) is 5.05. The average Bonchev–Trinajstić information content (AvgIpc) is 2.56. The van der Waals surface area contributed by atoms with E-state index in [4.69, 9.17) is 0 Å². The molecule has 0 amide bonds. The van der Waals surface area contributed by atoms with E-state index >= 15 is 0 Å². The molecule has 0 unspecified atom stereocenters. The Morgan fingerprint density at radius 2 is 1.68 bits per heavy atom. The van der Waals surface area contributed by atoms with Crippen LogP contribution in [0, 0.1) is 0 Å². The number of nitrogens with zero attached hydrogens (tertiary/aromatic N) is 2. The molecule has 116 valence electrons. The molecule has 0 atom stereocenters. The lowest BCUT2D eigenvalue weighted by Crippen LogP contribution is -2.43. The molecule has 2 aromatic rings. The minimum absolute atomic E-state index is 0.0730. The highest BCUT2D eigenvalue weighted by molar-refractivity contribution is 5.66. The monoisotopic (exact) mass is 305 g/mol. The number of anilines is 1. The third kappa shape index (κ3) is 3.51. The van der Waals surface area contributed by atoms with Crippen molar-refractivity contribution < 1.29 is 13.5 Å². The molecule has 1 aliphatic rings. The summed E-state index contributed by atoms with van der Waals surface area (Å²) in [6.45, 7) is 1.15. The molecule has 1 fully saturated rings. The van der Waals surface area contributed by atoms with Crippen LogP contribution in [-0.2, 0) is 0 Å². The first kappa shape index (κ1) is 14.7. The number of hydrogen-bond donors (Lipinski definition) is 1. The zero-order chi connectivity index (χ0) is 15.4. The molecule has 1 saturated heterocycles. The van der Waals surface area contributed by atoms with Gasteiger partial charge in [-0.1, -0.05) is 12.1 Å². The Balaban J connectivity index is 1.72. The molecule has 6 heteroatoms. The number of benzene rings is 1. The highest BCUT2D eigenvalue weighted by Crippen LogP contribution is 2.24. The average molecular weight is 305 g/mol. The van der Waals surface area contributed by atoms with Crippen molar-refractivity contribution in [1.82, 2.24) is 10.3 Å². The van der Waals surface area contributed by atoms with Crippen LogP contribution < -0.4 is 15.0 Å². The van der Waals surface area contributed by atoms with Gasteiger partial charge in [-0.2, -0.15) is 8.78 Å². The Morgan fingerprint density at radius 3 is 2.27 bits per heavy atom. The number of rotatable bonds is 4. The normalized spacial score (nSPS) is 15.1. The third-order valence-corrected chi connectivity index (χ3v) is 3.63. The Hall–Kier alpha value is -2.21. The smallest absolute Gasteiger partial charge is 0.388 e. The molecule has 0 aliphatic carbocycles. The van der Waals surface area contributed by atoms with E-state index in [1.165, 1.54) is 18.0 Å². The summed E-state index contributed by atoms with van der Waals surface area (Å²) in [5.74, 6) is -0.0730. The topological polar surface area (TPSA) is 37.4 Å². The van der Waals surface area contributed by atoms with Gasteiger partial charge in [0.15, 0.2) is 0 Å². The van der Waals surface area contributed by atoms with Crippen LogP contribution in [0.1, 0.15) is 0 Å². The van der Waals surface area contributed by atoms with Crippen LogP contribution in [-0.4, -0.2) is 37.8 Å². The molecule has 0 saturated carbocycles. The Morgan fingerprint density at radius 1 is 1.00 bits per heavy atom. The molecule has 0 spiro atoms. The van der Waals surface area contributed by atoms with E-state index < -0.39 is 6.61 Å². The van der Waals surface area contributed by atoms with Gasteiger partial charge in [0.1, 0.15) is 0 Å². The van der Waals surface area contributed by atoms with Crippen molar-refractivity contribution in [1.29, 1.82) is 0 Å². The maximum atomic E-state index is 12.1. The van der Waals surface area contributed by atoms with Crippen LogP contribution in [0.3, 0.4) is 0 Å². The first-order chi connectivity index (χ1) is 10.7. The van der Waals surface area contributed by atoms with E-state index in [1.807, 2.05) is 12.1 Å². The number of aromatic nitrogens is 1. The fourth-order valence-corrected chi connectivity index (χ4v) is 2.50. The summed E-state index contributed by atoms with van der Waals surface area (Å²) >= 11 is 0. The summed E-state index contributed by atoms with van der Waals surface area (Å²) in [7, 11) is 0. The van der Waals surface area contributed by atoms with Crippen molar-refractivity contribution in [3.63, 3.8) is 0 Å². The number of pyridine rings is 1. The van der Waals surface area contributed by atoms with Crippen molar-refractivity contribution >= 4 is 5.69 Å². The van der Waals surface area contributed by atoms with Crippen LogP contribution in [0.5, 0.6) is 5.88 Å². The molecule has 1 aromatic carbocycles. The lowest BCUT2D eigenvalue weighted by atomic mass is 10.1. The van der Waals surface area contributed by atoms with Crippen LogP contribution in [0.2, 0.25) is 0 Å². The van der Waals surface area contributed by atoms with E-state index in [0.29, 0.717) is 0 Å². The second-order valence-electron chi connectivity index (χ2n) is 5.05. The van der Waals surface area contributed by atoms with Gasteiger partial charge in [0.25, 0.3) is 0 Å². The first-order valence-electron chi connectivity index (χ1n) is 7.19. The number of hydrogen-bond acceptors (Lipinski definition) is 4. The van der Waals surface area contributed by atoms with E-state index in [1.54, 1.807) is 6.07 Å². The fourth-order valence-electron chi connectivity index (χ4n) is 2.50. The molecule has 0 bridgehead atoms. The Bertz CT molecular complexity index is 596. The highest BCUT2D eigenvalue weighted by Gasteiger charge is 2.10. The summed E-state index contributed by atoms with van der Waals surface area (Å²) in [6, 6.07) is 11.4. The van der Waals surface area contributed by atoms with Crippen LogP contribution in [0.15, 0.2) is 42.6 Å². The van der Waals surface area contributed by atoms with Crippen molar-refractivity contribution in [2.24, 2.45) is 0 Å². The second kappa shape index (κ2) is 6.70. The van der Waals surface area contributed by atoms with Gasteiger partial charge in [-0.25, -0.2) is 4.98 Å². The number of ether oxygens (including phenoxy) is 1. The Labute approximate surface area is 127 Å². The number of piperazine rings is 1. The fraction of sp³-hybridized carbons (Fsp3) is 0.312. The number of nitrogens with one attached hydrogen (secondary N) is 1. The van der Waals surface area contributed by atoms with Gasteiger partial charge < -0.3 is 15.0 Å². The van der Waals surface area contributed by atoms with Gasteiger partial charge in [0.2, 0.25) is 5.88 Å². The minimum atomic E-state index is -2.85. The summed E-state index contributed by atoms with van der Waals surface area (Å²) in [6.07, 6.45) is 1.54. The van der Waals surface area contributed by atoms with Gasteiger partial charge >= 0.3 is 6.61 Å². The molecule has 1 aromatic heterocycles. The Kier molecular flexibility index (Phi) is 4.48. The van der Waals surface area contributed by atoms with Gasteiger partial charge in [0.05, 0.1) is 0 Å². The molecule has 4 nitrogen and oxygen atoms in total. The quantitative estimate of drug-likeness (QED) is 0.942. The summed E-state index contributed by atoms with van der Waals surface area (Å²) < 4.78 is 28.4. The SMILES string of the molecule is FC(F)Oc1ccc(-c2ccc(N3CCNCC3)cc2)cn1. The van der Waals surface area contributed by atoms with Crippen molar-refractivity contribution in [2.45, 2.75) is 6.61 Å². The molecule has 2 heterocycles. The predicted molar refractivity (Wildman–Crippen MR) is 81.4 cm³/mol. The lowest BCUT2D eigenvalue weighted by Gasteiger charge is -2.29. The number of alkyl halides is 2. The van der Waals surface area contributed by atoms with E-state index in [-0.39, 0.29) is 5.88 Å². The summed E-state index contributed by atoms with van der Waals surface area (Å²) in [5.41, 5.74) is 3.05. The first-order valence-corrected chi connectivity index (χ1v) is 7.19. The summed E-state index contributed by atoms with van der Waals surface area (Å²) in [4.78, 5) is 6.22. The number of halogens is 2. The van der Waals surface area contributed by atoms with Gasteiger partial charge in [-0.3, -0.25) is 0 Å². The maximum Gasteiger partial charge on any atom is 0.388 e. The van der Waals surface area contributed by atoms with Crippen molar-refractivity contribution in [3.05, 3.63) is 42.6 Å². The van der Waals surface area contributed by atoms with Gasteiger partial charge in [0, 0.05) is 49.7 Å². The third-order valence-electron chi connectivity index (χ3n) is 3.63. The van der Waals surface area contributed by atoms with E-state index in [0.717, 1.165) is 37.3 Å². The van der Waals surface area contributed by atoms with E-state index in [2.05, 4.69) is 32.1 Å². The lowest BCUT2D eigenvalue weighted by molar-refractivity contribution is -0.0528. The van der Waals surface area contributed by atoms with Crippen LogP contribution in [0.25, 0.3) is 11.1 Å². The zero-order valence-corrected chi connectivity index (χ0v) is 12.0. The maximum absolute atomic E-state index is 12.1.